The number of rotatable bonds is 5. The van der Waals surface area contributed by atoms with Crippen LogP contribution in [0.5, 0.6) is 0 Å². The average molecular weight is 374 g/mol. The van der Waals surface area contributed by atoms with Crippen LogP contribution in [-0.4, -0.2) is 65.6 Å². The molecule has 0 spiro atoms. The third-order valence-electron chi connectivity index (χ3n) is 4.45. The van der Waals surface area contributed by atoms with Crippen LogP contribution in [-0.2, 0) is 20.9 Å². The van der Waals surface area contributed by atoms with Crippen LogP contribution in [0.25, 0.3) is 10.9 Å². The van der Waals surface area contributed by atoms with E-state index in [9.17, 15) is 19.5 Å². The van der Waals surface area contributed by atoms with Crippen molar-refractivity contribution in [2.45, 2.75) is 13.5 Å². The van der Waals surface area contributed by atoms with Crippen molar-refractivity contribution in [2.75, 3.05) is 38.1 Å². The first-order valence-corrected chi connectivity index (χ1v) is 8.78. The average Bonchev–Trinajstić information content (AvgIpc) is 3.03. The number of nitrogens with zero attached hydrogens (tertiary/aromatic N) is 1. The minimum absolute atomic E-state index is 0.0450. The first-order chi connectivity index (χ1) is 13.0. The molecule has 1 saturated heterocycles. The largest absolute Gasteiger partial charge is 0.478 e. The molecule has 0 bridgehead atoms. The number of piperazine rings is 1. The Morgan fingerprint density at radius 3 is 2.67 bits per heavy atom. The number of fused-ring (bicyclic) bond motifs is 1. The number of aromatic carboxylic acids is 1. The highest BCUT2D eigenvalue weighted by atomic mass is 16.5. The number of aromatic nitrogens is 1. The fourth-order valence-corrected chi connectivity index (χ4v) is 3.12. The number of carboxylic acids is 1. The summed E-state index contributed by atoms with van der Waals surface area (Å²) in [5.41, 5.74) is 1.63. The molecule has 0 unspecified atom stereocenters. The number of carbonyl (C=O) groups is 3. The number of ether oxygens (including phenoxy) is 1. The maximum absolute atomic E-state index is 11.9. The number of amides is 1. The molecule has 3 rings (SSSR count). The molecular formula is C18H22N4O5. The normalized spacial score (nSPS) is 14.9. The molecule has 0 radical (unpaired) electrons. The lowest BCUT2D eigenvalue weighted by Gasteiger charge is -2.26. The lowest BCUT2D eigenvalue weighted by molar-refractivity contribution is -0.152. The summed E-state index contributed by atoms with van der Waals surface area (Å²) in [6.45, 7) is 6.04. The maximum Gasteiger partial charge on any atom is 0.397 e. The molecule has 1 aromatic carbocycles. The van der Waals surface area contributed by atoms with Crippen molar-refractivity contribution in [3.05, 3.63) is 29.5 Å². The molecule has 0 atom stereocenters. The van der Waals surface area contributed by atoms with Crippen LogP contribution in [0.4, 0.5) is 5.69 Å². The molecule has 1 aliphatic rings. The van der Waals surface area contributed by atoms with Gasteiger partial charge in [0.05, 0.1) is 17.9 Å². The third-order valence-corrected chi connectivity index (χ3v) is 4.45. The van der Waals surface area contributed by atoms with E-state index in [1.165, 1.54) is 12.1 Å². The summed E-state index contributed by atoms with van der Waals surface area (Å²) < 4.78 is 4.64. The van der Waals surface area contributed by atoms with Gasteiger partial charge < -0.3 is 25.5 Å². The molecule has 2 heterocycles. The summed E-state index contributed by atoms with van der Waals surface area (Å²) in [7, 11) is 0. The van der Waals surface area contributed by atoms with Crippen LogP contribution >= 0.6 is 0 Å². The van der Waals surface area contributed by atoms with Crippen LogP contribution in [0.1, 0.15) is 22.8 Å². The Labute approximate surface area is 155 Å². The van der Waals surface area contributed by atoms with Gasteiger partial charge in [-0.3, -0.25) is 9.69 Å². The Hall–Kier alpha value is -2.91. The summed E-state index contributed by atoms with van der Waals surface area (Å²) in [4.78, 5) is 40.5. The number of hydrogen-bond donors (Lipinski definition) is 4. The first-order valence-electron chi connectivity index (χ1n) is 8.78. The number of anilines is 1. The second-order valence-electron chi connectivity index (χ2n) is 6.26. The van der Waals surface area contributed by atoms with E-state index in [4.69, 9.17) is 0 Å². The van der Waals surface area contributed by atoms with Crippen molar-refractivity contribution in [3.63, 3.8) is 0 Å². The molecular weight excluding hydrogens is 352 g/mol. The van der Waals surface area contributed by atoms with Crippen molar-refractivity contribution in [3.8, 4) is 0 Å². The van der Waals surface area contributed by atoms with E-state index in [1.807, 2.05) is 6.20 Å². The van der Waals surface area contributed by atoms with E-state index in [2.05, 4.69) is 25.3 Å². The van der Waals surface area contributed by atoms with Crippen LogP contribution < -0.4 is 10.6 Å². The number of H-pyrrole nitrogens is 1. The number of carbonyl (C=O) groups excluding carboxylic acids is 2. The Bertz CT molecular complexity index is 870. The fourth-order valence-electron chi connectivity index (χ4n) is 3.12. The van der Waals surface area contributed by atoms with Gasteiger partial charge in [0.1, 0.15) is 0 Å². The zero-order valence-electron chi connectivity index (χ0n) is 15.0. The van der Waals surface area contributed by atoms with E-state index < -0.39 is 17.8 Å². The van der Waals surface area contributed by atoms with Gasteiger partial charge in [-0.25, -0.2) is 9.59 Å². The zero-order valence-corrected chi connectivity index (χ0v) is 15.0. The van der Waals surface area contributed by atoms with Crippen LogP contribution in [0.3, 0.4) is 0 Å². The quantitative estimate of drug-likeness (QED) is 0.450. The van der Waals surface area contributed by atoms with Gasteiger partial charge in [0.25, 0.3) is 0 Å². The van der Waals surface area contributed by atoms with Gasteiger partial charge >= 0.3 is 17.8 Å². The molecule has 2 aromatic rings. The van der Waals surface area contributed by atoms with Crippen LogP contribution in [0.2, 0.25) is 0 Å². The van der Waals surface area contributed by atoms with Gasteiger partial charge in [-0.2, -0.15) is 0 Å². The molecule has 1 aromatic heterocycles. The summed E-state index contributed by atoms with van der Waals surface area (Å²) in [5.74, 6) is -3.25. The van der Waals surface area contributed by atoms with Crippen molar-refractivity contribution >= 4 is 34.4 Å². The Morgan fingerprint density at radius 1 is 1.26 bits per heavy atom. The van der Waals surface area contributed by atoms with Crippen molar-refractivity contribution in [2.24, 2.45) is 0 Å². The van der Waals surface area contributed by atoms with E-state index in [1.54, 1.807) is 6.92 Å². The topological polar surface area (TPSA) is 124 Å². The highest BCUT2D eigenvalue weighted by molar-refractivity contribution is 6.37. The molecule has 0 aliphatic carbocycles. The minimum Gasteiger partial charge on any atom is -0.478 e. The number of hydrogen-bond acceptors (Lipinski definition) is 6. The number of aromatic amines is 1. The monoisotopic (exact) mass is 374 g/mol. The highest BCUT2D eigenvalue weighted by Gasteiger charge is 2.21. The number of nitrogens with one attached hydrogen (secondary N) is 3. The summed E-state index contributed by atoms with van der Waals surface area (Å²) in [6.07, 6.45) is 1.84. The lowest BCUT2D eigenvalue weighted by Crippen LogP contribution is -2.42. The van der Waals surface area contributed by atoms with Gasteiger partial charge in [-0.15, -0.1) is 0 Å². The predicted octanol–water partition coefficient (Wildman–Crippen LogP) is 0.773. The van der Waals surface area contributed by atoms with E-state index in [0.717, 1.165) is 37.1 Å². The molecule has 9 nitrogen and oxygen atoms in total. The predicted molar refractivity (Wildman–Crippen MR) is 98.7 cm³/mol. The van der Waals surface area contributed by atoms with Crippen LogP contribution in [0.15, 0.2) is 18.3 Å². The molecule has 1 fully saturated rings. The lowest BCUT2D eigenvalue weighted by atomic mass is 10.1. The van der Waals surface area contributed by atoms with Gasteiger partial charge in [-0.1, -0.05) is 0 Å². The Balaban J connectivity index is 1.89. The van der Waals surface area contributed by atoms with E-state index in [0.29, 0.717) is 12.1 Å². The van der Waals surface area contributed by atoms with Gasteiger partial charge in [0.15, 0.2) is 0 Å². The third kappa shape index (κ3) is 4.26. The maximum atomic E-state index is 11.9. The summed E-state index contributed by atoms with van der Waals surface area (Å²) in [6, 6.07) is 3.05. The Kier molecular flexibility index (Phi) is 5.72. The highest BCUT2D eigenvalue weighted by Crippen LogP contribution is 2.27. The smallest absolute Gasteiger partial charge is 0.397 e. The van der Waals surface area contributed by atoms with Crippen molar-refractivity contribution in [1.29, 1.82) is 0 Å². The fraction of sp³-hybridized carbons (Fsp3) is 0.389. The Morgan fingerprint density at radius 2 is 2.00 bits per heavy atom. The van der Waals surface area contributed by atoms with Crippen molar-refractivity contribution in [1.82, 2.24) is 15.2 Å². The molecule has 9 heteroatoms. The SMILES string of the molecule is CCOC(=O)C(=O)Nc1cc2[nH]cc(CN3CCNCC3)c2cc1C(=O)O. The standard InChI is InChI=1S/C18H22N4O5/c1-2-27-18(26)16(23)21-15-8-14-12(7-13(15)17(24)25)11(9-20-14)10-22-5-3-19-4-6-22/h7-9,19-20H,2-6,10H2,1H3,(H,21,23)(H,24,25). The number of carboxylic acid groups (broad SMARTS) is 1. The summed E-state index contributed by atoms with van der Waals surface area (Å²) in [5, 5.41) is 15.9. The second kappa shape index (κ2) is 8.19. The van der Waals surface area contributed by atoms with E-state index in [-0.39, 0.29) is 17.9 Å². The zero-order chi connectivity index (χ0) is 19.4. The van der Waals surface area contributed by atoms with Gasteiger partial charge in [0, 0.05) is 49.8 Å². The summed E-state index contributed by atoms with van der Waals surface area (Å²) >= 11 is 0. The minimum atomic E-state index is -1.19. The molecule has 27 heavy (non-hydrogen) atoms. The molecule has 144 valence electrons. The van der Waals surface area contributed by atoms with Gasteiger partial charge in [-0.05, 0) is 24.6 Å². The second-order valence-corrected chi connectivity index (χ2v) is 6.26. The molecule has 4 N–H and O–H groups in total. The molecule has 1 amide bonds. The van der Waals surface area contributed by atoms with Crippen molar-refractivity contribution < 1.29 is 24.2 Å². The van der Waals surface area contributed by atoms with Crippen LogP contribution in [0, 0.1) is 0 Å². The first kappa shape index (κ1) is 18.9. The van der Waals surface area contributed by atoms with E-state index >= 15 is 0 Å². The number of esters is 1. The molecule has 0 saturated carbocycles. The molecule has 1 aliphatic heterocycles. The number of benzene rings is 1. The van der Waals surface area contributed by atoms with Gasteiger partial charge in [0.2, 0.25) is 0 Å².